The van der Waals surface area contributed by atoms with Gasteiger partial charge in [-0.15, -0.1) is 0 Å². The van der Waals surface area contributed by atoms with E-state index in [9.17, 15) is 4.79 Å². The first-order valence-electron chi connectivity index (χ1n) is 8.00. The molecule has 23 heavy (non-hydrogen) atoms. The van der Waals surface area contributed by atoms with Gasteiger partial charge in [-0.3, -0.25) is 5.43 Å². The van der Waals surface area contributed by atoms with Gasteiger partial charge in [-0.05, 0) is 48.4 Å². The third-order valence-electron chi connectivity index (χ3n) is 3.90. The van der Waals surface area contributed by atoms with Crippen molar-refractivity contribution in [1.82, 2.24) is 10.9 Å². The lowest BCUT2D eigenvalue weighted by atomic mass is 9.94. The third kappa shape index (κ3) is 3.64. The van der Waals surface area contributed by atoms with E-state index in [4.69, 9.17) is 9.47 Å². The molecule has 1 unspecified atom stereocenters. The van der Waals surface area contributed by atoms with Crippen molar-refractivity contribution in [3.05, 3.63) is 34.4 Å². The molecule has 1 heterocycles. The summed E-state index contributed by atoms with van der Waals surface area (Å²) in [5, 5.41) is 0. The summed E-state index contributed by atoms with van der Waals surface area (Å²) in [5.41, 5.74) is 9.73. The number of benzene rings is 1. The number of nitrogens with zero attached hydrogens (tertiary/aromatic N) is 1. The number of carbonyl (C=O) groups is 1. The van der Waals surface area contributed by atoms with Crippen LogP contribution in [0.5, 0.6) is 0 Å². The number of aliphatic imine (C=N–C) groups is 1. The topological polar surface area (TPSA) is 72.0 Å². The molecule has 6 heteroatoms. The van der Waals surface area contributed by atoms with Crippen molar-refractivity contribution in [3.8, 4) is 0 Å². The molecule has 0 saturated heterocycles. The van der Waals surface area contributed by atoms with Gasteiger partial charge in [0.25, 0.3) is 0 Å². The molecule has 1 atom stereocenters. The number of hydrazine groups is 1. The summed E-state index contributed by atoms with van der Waals surface area (Å²) in [4.78, 5) is 16.3. The lowest BCUT2D eigenvalue weighted by Crippen LogP contribution is -2.32. The van der Waals surface area contributed by atoms with E-state index < -0.39 is 0 Å². The number of esters is 1. The highest BCUT2D eigenvalue weighted by molar-refractivity contribution is 5.91. The Balaban J connectivity index is 0.000000925. The summed E-state index contributed by atoms with van der Waals surface area (Å²) in [6.45, 7) is 5.94. The highest BCUT2D eigenvalue weighted by Crippen LogP contribution is 2.44. The Morgan fingerprint density at radius 3 is 2.48 bits per heavy atom. The van der Waals surface area contributed by atoms with E-state index in [1.807, 2.05) is 26.8 Å². The summed E-state index contributed by atoms with van der Waals surface area (Å²) < 4.78 is 9.94. The molecule has 128 valence electrons. The third-order valence-corrected chi connectivity index (χ3v) is 3.90. The van der Waals surface area contributed by atoms with Crippen LogP contribution in [0, 0.1) is 6.92 Å². The van der Waals surface area contributed by atoms with Gasteiger partial charge in [-0.1, -0.05) is 19.9 Å². The van der Waals surface area contributed by atoms with E-state index in [0.717, 1.165) is 11.1 Å². The standard InChI is InChI=1S/C15H19N3O3.C2H6.H2/c1-8-6-11(9-4-5-9)12(7-10(8)14(19)20-2)13-16-15(21-3)18-17-13;1-2;/h6-7,9,13,17H,4-5H2,1-3H3,(H,16,18);1-2H3;1H. The Labute approximate surface area is 138 Å². The van der Waals surface area contributed by atoms with Crippen LogP contribution in [0.15, 0.2) is 17.1 Å². The van der Waals surface area contributed by atoms with E-state index in [1.165, 1.54) is 25.5 Å². The molecule has 0 aromatic heterocycles. The molecule has 1 aromatic carbocycles. The van der Waals surface area contributed by atoms with Crippen LogP contribution in [-0.4, -0.2) is 26.2 Å². The number of rotatable bonds is 3. The van der Waals surface area contributed by atoms with Crippen molar-refractivity contribution in [2.45, 2.75) is 45.7 Å². The molecule has 1 saturated carbocycles. The molecule has 6 nitrogen and oxygen atoms in total. The Morgan fingerprint density at radius 1 is 1.26 bits per heavy atom. The molecular formula is C17H27N3O3. The lowest BCUT2D eigenvalue weighted by molar-refractivity contribution is 0.0599. The van der Waals surface area contributed by atoms with Gasteiger partial charge in [-0.2, -0.15) is 0 Å². The average Bonchev–Trinajstić information content (AvgIpc) is 3.33. The quantitative estimate of drug-likeness (QED) is 0.837. The van der Waals surface area contributed by atoms with Gasteiger partial charge in [0.2, 0.25) is 0 Å². The second kappa shape index (κ2) is 7.46. The van der Waals surface area contributed by atoms with Crippen LogP contribution in [0.1, 0.15) is 67.2 Å². The van der Waals surface area contributed by atoms with Gasteiger partial charge < -0.3 is 9.47 Å². The first-order valence-corrected chi connectivity index (χ1v) is 8.00. The summed E-state index contributed by atoms with van der Waals surface area (Å²) in [5.74, 6) is 0.243. The number of nitrogens with one attached hydrogen (secondary N) is 2. The SMILES string of the molecule is CC.COC(=O)c1cc(C2N=C(OC)NN2)c(C2CC2)cc1C.[HH]. The van der Waals surface area contributed by atoms with Crippen LogP contribution in [-0.2, 0) is 9.47 Å². The normalized spacial score (nSPS) is 19.2. The molecule has 1 aliphatic carbocycles. The number of carbonyl (C=O) groups excluding carboxylic acids is 1. The number of hydrogen-bond acceptors (Lipinski definition) is 6. The molecule has 3 rings (SSSR count). The highest BCUT2D eigenvalue weighted by Gasteiger charge is 2.31. The number of ether oxygens (including phenoxy) is 2. The molecule has 2 aliphatic rings. The minimum Gasteiger partial charge on any atom is -0.468 e. The van der Waals surface area contributed by atoms with Crippen molar-refractivity contribution in [3.63, 3.8) is 0 Å². The van der Waals surface area contributed by atoms with E-state index in [0.29, 0.717) is 17.5 Å². The number of aryl methyl sites for hydroxylation is 1. The number of hydrogen-bond donors (Lipinski definition) is 2. The maximum Gasteiger partial charge on any atom is 0.338 e. The molecule has 0 bridgehead atoms. The zero-order valence-electron chi connectivity index (χ0n) is 14.4. The van der Waals surface area contributed by atoms with Crippen molar-refractivity contribution in [2.75, 3.05) is 14.2 Å². The zero-order valence-corrected chi connectivity index (χ0v) is 14.4. The van der Waals surface area contributed by atoms with Crippen molar-refractivity contribution >= 4 is 12.0 Å². The van der Waals surface area contributed by atoms with Gasteiger partial charge in [0, 0.05) is 1.43 Å². The number of methoxy groups -OCH3 is 2. The van der Waals surface area contributed by atoms with Crippen LogP contribution in [0.4, 0.5) is 0 Å². The summed E-state index contributed by atoms with van der Waals surface area (Å²) in [6.07, 6.45) is 2.12. The predicted molar refractivity (Wildman–Crippen MR) is 91.4 cm³/mol. The first-order chi connectivity index (χ1) is 11.1. The van der Waals surface area contributed by atoms with Crippen LogP contribution < -0.4 is 10.9 Å². The minimum absolute atomic E-state index is 0. The Morgan fingerprint density at radius 2 is 1.96 bits per heavy atom. The van der Waals surface area contributed by atoms with Gasteiger partial charge in [0.05, 0.1) is 19.8 Å². The first kappa shape index (κ1) is 17.3. The lowest BCUT2D eigenvalue weighted by Gasteiger charge is -2.16. The fourth-order valence-corrected chi connectivity index (χ4v) is 2.62. The molecule has 0 spiro atoms. The smallest absolute Gasteiger partial charge is 0.338 e. The molecule has 1 aliphatic heterocycles. The maximum absolute atomic E-state index is 11.9. The van der Waals surface area contributed by atoms with E-state index >= 15 is 0 Å². The number of amidine groups is 1. The summed E-state index contributed by atoms with van der Waals surface area (Å²) >= 11 is 0. The zero-order chi connectivity index (χ0) is 17.0. The molecule has 1 aromatic rings. The van der Waals surface area contributed by atoms with Gasteiger partial charge in [0.1, 0.15) is 6.17 Å². The van der Waals surface area contributed by atoms with Gasteiger partial charge in [0.15, 0.2) is 0 Å². The monoisotopic (exact) mass is 321 g/mol. The van der Waals surface area contributed by atoms with Crippen molar-refractivity contribution < 1.29 is 15.7 Å². The van der Waals surface area contributed by atoms with E-state index in [2.05, 4.69) is 21.9 Å². The average molecular weight is 321 g/mol. The van der Waals surface area contributed by atoms with Crippen LogP contribution in [0.25, 0.3) is 0 Å². The Kier molecular flexibility index (Phi) is 5.60. The van der Waals surface area contributed by atoms with Crippen LogP contribution in [0.3, 0.4) is 0 Å². The molecule has 2 N–H and O–H groups in total. The second-order valence-corrected chi connectivity index (χ2v) is 5.37. The predicted octanol–water partition coefficient (Wildman–Crippen LogP) is 3.04. The van der Waals surface area contributed by atoms with Crippen molar-refractivity contribution in [2.24, 2.45) is 4.99 Å². The van der Waals surface area contributed by atoms with Gasteiger partial charge in [-0.25, -0.2) is 15.2 Å². The molecular weight excluding hydrogens is 294 g/mol. The summed E-state index contributed by atoms with van der Waals surface area (Å²) in [6, 6.07) is 4.42. The van der Waals surface area contributed by atoms with E-state index in [-0.39, 0.29) is 13.6 Å². The minimum atomic E-state index is -0.321. The van der Waals surface area contributed by atoms with E-state index in [1.54, 1.807) is 7.11 Å². The van der Waals surface area contributed by atoms with Crippen LogP contribution in [0.2, 0.25) is 0 Å². The van der Waals surface area contributed by atoms with Gasteiger partial charge >= 0.3 is 12.0 Å². The second-order valence-electron chi connectivity index (χ2n) is 5.37. The molecule has 1 fully saturated rings. The molecule has 0 radical (unpaired) electrons. The Bertz CT molecular complexity index is 615. The largest absolute Gasteiger partial charge is 0.468 e. The van der Waals surface area contributed by atoms with Crippen LogP contribution >= 0.6 is 0 Å². The Hall–Kier alpha value is -2.08. The van der Waals surface area contributed by atoms with Crippen molar-refractivity contribution in [1.29, 1.82) is 0 Å². The fraction of sp³-hybridized carbons (Fsp3) is 0.529. The maximum atomic E-state index is 11.9. The summed E-state index contributed by atoms with van der Waals surface area (Å²) in [7, 11) is 2.96. The fourth-order valence-electron chi connectivity index (χ4n) is 2.62. The highest BCUT2D eigenvalue weighted by atomic mass is 16.5. The molecule has 0 amide bonds.